The van der Waals surface area contributed by atoms with Crippen molar-refractivity contribution in [1.82, 2.24) is 24.8 Å². The highest BCUT2D eigenvalue weighted by Crippen LogP contribution is 2.43. The zero-order valence-electron chi connectivity index (χ0n) is 19.8. The second-order valence-corrected chi connectivity index (χ2v) is 8.28. The molecule has 2 aromatic carbocycles. The molecule has 0 aliphatic rings. The highest BCUT2D eigenvalue weighted by Gasteiger charge is 2.27. The van der Waals surface area contributed by atoms with Crippen LogP contribution in [0, 0.1) is 12.7 Å². The Bertz CT molecular complexity index is 1460. The van der Waals surface area contributed by atoms with Crippen molar-refractivity contribution >= 4 is 40.8 Å². The van der Waals surface area contributed by atoms with Crippen LogP contribution in [0.1, 0.15) is 24.1 Å². The van der Waals surface area contributed by atoms with Crippen LogP contribution in [0.25, 0.3) is 22.3 Å². The molecule has 0 fully saturated rings. The summed E-state index contributed by atoms with van der Waals surface area (Å²) in [7, 11) is 2.36. The van der Waals surface area contributed by atoms with E-state index in [0.717, 1.165) is 7.11 Å². The fourth-order valence-corrected chi connectivity index (χ4v) is 3.88. The molecule has 4 rings (SSSR count). The molecule has 36 heavy (non-hydrogen) atoms. The number of amides is 2. The van der Waals surface area contributed by atoms with Gasteiger partial charge in [0.15, 0.2) is 11.5 Å². The monoisotopic (exact) mass is 512 g/mol. The lowest BCUT2D eigenvalue weighted by molar-refractivity contribution is 0.121. The molecule has 2 aromatic heterocycles. The third-order valence-corrected chi connectivity index (χ3v) is 5.96. The molecule has 12 heteroatoms. The van der Waals surface area contributed by atoms with Gasteiger partial charge in [-0.25, -0.2) is 33.8 Å². The van der Waals surface area contributed by atoms with E-state index >= 15 is 0 Å². The standard InChI is InChI=1S/C24H22ClFN6O4/c1-12-17(25)9-16(13(2)31-22-19-21(28-10-27-19)29-11-30-22)18(14-6-5-7-15(26)8-14)20(12)36-24(34)32(3)23(33)35-4/h5-11,13H,1-4H3,(H2,27,28,29,30,31). The molecule has 0 saturated carbocycles. The van der Waals surface area contributed by atoms with E-state index in [9.17, 15) is 14.0 Å². The maximum atomic E-state index is 14.3. The number of imidazole rings is 1. The molecule has 0 spiro atoms. The fourth-order valence-electron chi connectivity index (χ4n) is 3.68. The first kappa shape index (κ1) is 24.9. The molecule has 0 radical (unpaired) electrons. The van der Waals surface area contributed by atoms with Crippen LogP contribution >= 0.6 is 11.6 Å². The number of ether oxygens (including phenoxy) is 2. The topological polar surface area (TPSA) is 122 Å². The summed E-state index contributed by atoms with van der Waals surface area (Å²) in [6, 6.07) is 7.10. The molecular formula is C24H22ClFN6O4. The smallest absolute Gasteiger partial charge is 0.424 e. The van der Waals surface area contributed by atoms with Gasteiger partial charge in [0.1, 0.15) is 23.4 Å². The Hall–Kier alpha value is -4.25. The Labute approximate surface area is 210 Å². The minimum atomic E-state index is -0.994. The number of imide groups is 1. The van der Waals surface area contributed by atoms with Crippen molar-refractivity contribution in [1.29, 1.82) is 0 Å². The number of nitrogens with zero attached hydrogens (tertiary/aromatic N) is 4. The van der Waals surface area contributed by atoms with Gasteiger partial charge in [-0.1, -0.05) is 23.7 Å². The number of benzene rings is 2. The summed E-state index contributed by atoms with van der Waals surface area (Å²) < 4.78 is 24.5. The van der Waals surface area contributed by atoms with Crippen molar-refractivity contribution in [3.63, 3.8) is 0 Å². The van der Waals surface area contributed by atoms with Crippen molar-refractivity contribution in [3.05, 3.63) is 65.0 Å². The minimum Gasteiger partial charge on any atom is -0.452 e. The largest absolute Gasteiger partial charge is 0.452 e. The predicted molar refractivity (Wildman–Crippen MR) is 131 cm³/mol. The van der Waals surface area contributed by atoms with Crippen molar-refractivity contribution in [2.75, 3.05) is 19.5 Å². The molecule has 186 valence electrons. The van der Waals surface area contributed by atoms with Gasteiger partial charge in [-0.05, 0) is 43.2 Å². The van der Waals surface area contributed by atoms with Gasteiger partial charge in [0.25, 0.3) is 0 Å². The average molecular weight is 513 g/mol. The molecule has 2 N–H and O–H groups in total. The highest BCUT2D eigenvalue weighted by atomic mass is 35.5. The summed E-state index contributed by atoms with van der Waals surface area (Å²) in [6.45, 7) is 3.51. The van der Waals surface area contributed by atoms with Crippen LogP contribution in [0.3, 0.4) is 0 Å². The van der Waals surface area contributed by atoms with Gasteiger partial charge >= 0.3 is 12.2 Å². The number of carbonyl (C=O) groups excluding carboxylic acids is 2. The number of hydrogen-bond donors (Lipinski definition) is 2. The highest BCUT2D eigenvalue weighted by molar-refractivity contribution is 6.31. The summed E-state index contributed by atoms with van der Waals surface area (Å²) in [5.74, 6) is 0.0772. The van der Waals surface area contributed by atoms with E-state index in [1.165, 1.54) is 31.8 Å². The summed E-state index contributed by atoms with van der Waals surface area (Å²) in [5.41, 5.74) is 2.95. The molecule has 2 heterocycles. The third-order valence-electron chi connectivity index (χ3n) is 5.56. The molecule has 0 aliphatic carbocycles. The maximum Gasteiger partial charge on any atom is 0.424 e. The third kappa shape index (κ3) is 4.78. The summed E-state index contributed by atoms with van der Waals surface area (Å²) in [4.78, 5) is 40.8. The predicted octanol–water partition coefficient (Wildman–Crippen LogP) is 5.49. The fraction of sp³-hybridized carbons (Fsp3) is 0.208. The molecule has 0 bridgehead atoms. The number of hydrogen-bond acceptors (Lipinski definition) is 8. The van der Waals surface area contributed by atoms with Crippen LogP contribution in [0.5, 0.6) is 5.75 Å². The minimum absolute atomic E-state index is 0.0758. The van der Waals surface area contributed by atoms with E-state index in [0.29, 0.717) is 49.2 Å². The summed E-state index contributed by atoms with van der Waals surface area (Å²) in [6.07, 6.45) is 0.982. The van der Waals surface area contributed by atoms with E-state index in [2.05, 4.69) is 30.0 Å². The molecule has 10 nitrogen and oxygen atoms in total. The Morgan fingerprint density at radius 2 is 1.97 bits per heavy atom. The quantitative estimate of drug-likeness (QED) is 0.360. The number of halogens is 2. The van der Waals surface area contributed by atoms with Crippen molar-refractivity contribution < 1.29 is 23.5 Å². The van der Waals surface area contributed by atoms with Gasteiger partial charge in [-0.3, -0.25) is 0 Å². The van der Waals surface area contributed by atoms with Gasteiger partial charge in [-0.15, -0.1) is 0 Å². The first-order valence-electron chi connectivity index (χ1n) is 10.7. The Kier molecular flexibility index (Phi) is 7.02. The lowest BCUT2D eigenvalue weighted by Gasteiger charge is -2.24. The van der Waals surface area contributed by atoms with Gasteiger partial charge in [0.2, 0.25) is 0 Å². The van der Waals surface area contributed by atoms with E-state index in [1.807, 2.05) is 6.92 Å². The molecule has 4 aromatic rings. The van der Waals surface area contributed by atoms with Crippen LogP contribution in [0.4, 0.5) is 19.8 Å². The van der Waals surface area contributed by atoms with Crippen LogP contribution in [0.2, 0.25) is 5.02 Å². The number of rotatable bonds is 5. The zero-order chi connectivity index (χ0) is 26.0. The van der Waals surface area contributed by atoms with Crippen LogP contribution in [-0.4, -0.2) is 51.2 Å². The molecular weight excluding hydrogens is 491 g/mol. The normalized spacial score (nSPS) is 11.7. The van der Waals surface area contributed by atoms with Crippen LogP contribution < -0.4 is 10.1 Å². The molecule has 2 amide bonds. The summed E-state index contributed by atoms with van der Waals surface area (Å²) in [5, 5.41) is 3.59. The second kappa shape index (κ2) is 10.2. The molecule has 0 saturated heterocycles. The van der Waals surface area contributed by atoms with E-state index in [1.54, 1.807) is 25.1 Å². The number of anilines is 1. The van der Waals surface area contributed by atoms with Crippen molar-refractivity contribution in [2.45, 2.75) is 19.9 Å². The number of H-pyrrole nitrogens is 1. The number of aromatic amines is 1. The van der Waals surface area contributed by atoms with Gasteiger partial charge < -0.3 is 19.8 Å². The van der Waals surface area contributed by atoms with Crippen molar-refractivity contribution in [2.24, 2.45) is 0 Å². The van der Waals surface area contributed by atoms with Gasteiger partial charge in [0.05, 0.1) is 19.5 Å². The molecule has 0 aliphatic heterocycles. The van der Waals surface area contributed by atoms with E-state index in [4.69, 9.17) is 16.3 Å². The van der Waals surface area contributed by atoms with E-state index in [-0.39, 0.29) is 5.75 Å². The number of methoxy groups -OCH3 is 1. The van der Waals surface area contributed by atoms with Gasteiger partial charge in [0, 0.05) is 23.2 Å². The Morgan fingerprint density at radius 3 is 2.69 bits per heavy atom. The van der Waals surface area contributed by atoms with Crippen LogP contribution in [-0.2, 0) is 4.74 Å². The van der Waals surface area contributed by atoms with E-state index < -0.39 is 24.0 Å². The zero-order valence-corrected chi connectivity index (χ0v) is 20.6. The van der Waals surface area contributed by atoms with Crippen LogP contribution in [0.15, 0.2) is 43.0 Å². The maximum absolute atomic E-state index is 14.3. The Balaban J connectivity index is 1.85. The van der Waals surface area contributed by atoms with Crippen molar-refractivity contribution in [3.8, 4) is 16.9 Å². The number of carbonyl (C=O) groups is 2. The second-order valence-electron chi connectivity index (χ2n) is 7.87. The lowest BCUT2D eigenvalue weighted by Crippen LogP contribution is -2.35. The first-order chi connectivity index (χ1) is 17.2. The SMILES string of the molecule is COC(=O)N(C)C(=O)Oc1c(C)c(Cl)cc(C(C)Nc2ncnc3nc[nH]c23)c1-c1cccc(F)c1. The molecule has 1 atom stereocenters. The average Bonchev–Trinajstić information content (AvgIpc) is 3.35. The number of nitrogens with one attached hydrogen (secondary N) is 2. The first-order valence-corrected chi connectivity index (χ1v) is 11.1. The van der Waals surface area contributed by atoms with Gasteiger partial charge in [-0.2, -0.15) is 0 Å². The number of aromatic nitrogens is 4. The lowest BCUT2D eigenvalue weighted by atomic mass is 9.92. The number of fused-ring (bicyclic) bond motifs is 1. The summed E-state index contributed by atoms with van der Waals surface area (Å²) >= 11 is 6.55. The molecule has 1 unspecified atom stereocenters. The Morgan fingerprint density at radius 1 is 1.19 bits per heavy atom.